The molecule has 126 valence electrons. The lowest BCUT2D eigenvalue weighted by Gasteiger charge is -2.18. The van der Waals surface area contributed by atoms with Crippen molar-refractivity contribution >= 4 is 11.7 Å². The molecule has 1 aliphatic heterocycles. The number of anilines is 1. The van der Waals surface area contributed by atoms with E-state index in [0.29, 0.717) is 49.9 Å². The number of terminal acetylenes is 1. The second-order valence-corrected chi connectivity index (χ2v) is 5.88. The number of H-pyrrole nitrogens is 1. The van der Waals surface area contributed by atoms with Crippen molar-refractivity contribution in [2.75, 3.05) is 19.3 Å². The van der Waals surface area contributed by atoms with Gasteiger partial charge in [-0.2, -0.15) is 20.6 Å². The van der Waals surface area contributed by atoms with Crippen LogP contribution in [0.3, 0.4) is 0 Å². The lowest BCUT2D eigenvalue weighted by atomic mass is 10.0. The number of amides is 1. The van der Waals surface area contributed by atoms with E-state index in [1.165, 1.54) is 0 Å². The first kappa shape index (κ1) is 17.5. The Morgan fingerprint density at radius 2 is 2.21 bits per heavy atom. The smallest absolute Gasteiger partial charge is 0.222 e. The summed E-state index contributed by atoms with van der Waals surface area (Å²) < 4.78 is 0. The molecule has 1 aromatic heterocycles. The molecule has 24 heavy (non-hydrogen) atoms. The number of hydrogen-bond acceptors (Lipinski definition) is 6. The third-order valence-corrected chi connectivity index (χ3v) is 4.12. The number of rotatable bonds is 9. The summed E-state index contributed by atoms with van der Waals surface area (Å²) in [5, 5.41) is 23.7. The van der Waals surface area contributed by atoms with Crippen molar-refractivity contribution in [2.45, 2.75) is 44.2 Å². The zero-order valence-corrected chi connectivity index (χ0v) is 13.7. The largest absolute Gasteiger partial charge is 0.381 e. The van der Waals surface area contributed by atoms with E-state index in [0.717, 1.165) is 6.42 Å². The van der Waals surface area contributed by atoms with Crippen LogP contribution < -0.4 is 5.73 Å². The van der Waals surface area contributed by atoms with Gasteiger partial charge in [-0.05, 0) is 12.8 Å². The molecule has 0 fully saturated rings. The van der Waals surface area contributed by atoms with Gasteiger partial charge in [-0.3, -0.25) is 9.89 Å². The third kappa shape index (κ3) is 4.32. The van der Waals surface area contributed by atoms with Crippen LogP contribution in [0.4, 0.5) is 5.82 Å². The molecule has 1 amide bonds. The molecule has 8 nitrogen and oxygen atoms in total. The van der Waals surface area contributed by atoms with Crippen molar-refractivity contribution in [3.05, 3.63) is 11.3 Å². The second kappa shape index (κ2) is 7.60. The molecule has 2 rings (SSSR count). The summed E-state index contributed by atoms with van der Waals surface area (Å²) in [5.41, 5.74) is 6.27. The number of nitrogen functional groups attached to an aromatic ring is 1. The molecule has 0 atom stereocenters. The quantitative estimate of drug-likeness (QED) is 0.669. The molecule has 8 heteroatoms. The highest BCUT2D eigenvalue weighted by atomic mass is 16.2. The van der Waals surface area contributed by atoms with Crippen molar-refractivity contribution in [3.8, 4) is 18.4 Å². The molecular formula is C16H21N7O. The molecule has 0 spiro atoms. The van der Waals surface area contributed by atoms with Crippen LogP contribution >= 0.6 is 0 Å². The van der Waals surface area contributed by atoms with Gasteiger partial charge >= 0.3 is 0 Å². The van der Waals surface area contributed by atoms with Gasteiger partial charge in [-0.15, -0.1) is 12.3 Å². The van der Waals surface area contributed by atoms with Crippen molar-refractivity contribution in [3.63, 3.8) is 0 Å². The summed E-state index contributed by atoms with van der Waals surface area (Å²) in [6.45, 7) is 0.592. The molecule has 0 aliphatic carbocycles. The van der Waals surface area contributed by atoms with Crippen LogP contribution in [0.25, 0.3) is 0 Å². The van der Waals surface area contributed by atoms with Crippen LogP contribution in [0.15, 0.2) is 10.2 Å². The number of aromatic amines is 1. The second-order valence-electron chi connectivity index (χ2n) is 5.88. The average Bonchev–Trinajstić information content (AvgIpc) is 3.27. The number of aromatic nitrogens is 2. The summed E-state index contributed by atoms with van der Waals surface area (Å²) in [6, 6.07) is 2.03. The molecular weight excluding hydrogens is 306 g/mol. The fraction of sp³-hybridized carbons (Fsp3) is 0.562. The minimum absolute atomic E-state index is 0.0528. The molecule has 3 N–H and O–H groups in total. The summed E-state index contributed by atoms with van der Waals surface area (Å²) in [6.07, 6.45) is 8.91. The number of nitrogens with one attached hydrogen (secondary N) is 1. The first-order valence-electron chi connectivity index (χ1n) is 7.85. The van der Waals surface area contributed by atoms with Crippen LogP contribution in [0, 0.1) is 23.7 Å². The molecule has 1 aliphatic rings. The zero-order chi connectivity index (χ0) is 17.6. The molecule has 0 bridgehead atoms. The Morgan fingerprint density at radius 1 is 1.46 bits per heavy atom. The number of aryl methyl sites for hydroxylation is 1. The highest BCUT2D eigenvalue weighted by molar-refractivity contribution is 5.76. The Kier molecular flexibility index (Phi) is 5.54. The number of carbonyl (C=O) groups excluding carboxylic acids is 1. The molecule has 2 heterocycles. The summed E-state index contributed by atoms with van der Waals surface area (Å²) >= 11 is 0. The van der Waals surface area contributed by atoms with Crippen LogP contribution in [0.1, 0.15) is 43.4 Å². The number of nitrogens with zero attached hydrogens (tertiary/aromatic N) is 5. The van der Waals surface area contributed by atoms with Crippen LogP contribution in [0.2, 0.25) is 0 Å². The van der Waals surface area contributed by atoms with Crippen LogP contribution in [-0.2, 0) is 11.2 Å². The van der Waals surface area contributed by atoms with Crippen molar-refractivity contribution in [1.82, 2.24) is 15.1 Å². The maximum absolute atomic E-state index is 12.2. The van der Waals surface area contributed by atoms with Gasteiger partial charge in [0.05, 0.1) is 5.69 Å². The van der Waals surface area contributed by atoms with E-state index >= 15 is 0 Å². The Morgan fingerprint density at radius 3 is 2.83 bits per heavy atom. The fourth-order valence-electron chi connectivity index (χ4n) is 2.48. The number of nitrogens with two attached hydrogens (primary N) is 1. The standard InChI is InChI=1S/C16H21N7O/c1-3-4-8-16(21-22-16)9-7-14(24)23(2)10-5-6-13-12(11-17)15(18)20-19-13/h1H,4-10H2,2H3,(H3,18,19,20). The molecule has 0 radical (unpaired) electrons. The topological polar surface area (TPSA) is 124 Å². The lowest BCUT2D eigenvalue weighted by molar-refractivity contribution is -0.130. The van der Waals surface area contributed by atoms with E-state index in [1.54, 1.807) is 11.9 Å². The highest BCUT2D eigenvalue weighted by Crippen LogP contribution is 2.37. The molecule has 0 saturated carbocycles. The predicted molar refractivity (Wildman–Crippen MR) is 88.6 cm³/mol. The monoisotopic (exact) mass is 327 g/mol. The number of nitriles is 1. The number of hydrogen-bond donors (Lipinski definition) is 2. The Hall–Kier alpha value is -2.87. The van der Waals surface area contributed by atoms with E-state index in [4.69, 9.17) is 17.4 Å². The van der Waals surface area contributed by atoms with Gasteiger partial charge in [0.1, 0.15) is 11.6 Å². The van der Waals surface area contributed by atoms with Gasteiger partial charge < -0.3 is 10.6 Å². The van der Waals surface area contributed by atoms with E-state index in [9.17, 15) is 4.79 Å². The summed E-state index contributed by atoms with van der Waals surface area (Å²) in [4.78, 5) is 13.9. The molecule has 0 unspecified atom stereocenters. The zero-order valence-electron chi connectivity index (χ0n) is 13.7. The Labute approximate surface area is 141 Å². The fourth-order valence-corrected chi connectivity index (χ4v) is 2.48. The Balaban J connectivity index is 1.70. The van der Waals surface area contributed by atoms with E-state index < -0.39 is 5.66 Å². The predicted octanol–water partition coefficient (Wildman–Crippen LogP) is 1.61. The third-order valence-electron chi connectivity index (χ3n) is 4.12. The van der Waals surface area contributed by atoms with Gasteiger partial charge in [0.15, 0.2) is 11.5 Å². The summed E-state index contributed by atoms with van der Waals surface area (Å²) in [5.74, 6) is 2.84. The van der Waals surface area contributed by atoms with Gasteiger partial charge in [-0.1, -0.05) is 0 Å². The minimum Gasteiger partial charge on any atom is -0.381 e. The number of carbonyl (C=O) groups is 1. The normalized spacial score (nSPS) is 14.0. The maximum Gasteiger partial charge on any atom is 0.222 e. The van der Waals surface area contributed by atoms with Gasteiger partial charge in [-0.25, -0.2) is 0 Å². The van der Waals surface area contributed by atoms with Crippen LogP contribution in [0.5, 0.6) is 0 Å². The van der Waals surface area contributed by atoms with E-state index in [-0.39, 0.29) is 11.7 Å². The van der Waals surface area contributed by atoms with E-state index in [2.05, 4.69) is 26.3 Å². The highest BCUT2D eigenvalue weighted by Gasteiger charge is 2.39. The Bertz CT molecular complexity index is 701. The van der Waals surface area contributed by atoms with Crippen LogP contribution in [-0.4, -0.2) is 40.3 Å². The molecule has 0 saturated heterocycles. The van der Waals surface area contributed by atoms with E-state index in [1.807, 2.05) is 6.07 Å². The van der Waals surface area contributed by atoms with Crippen molar-refractivity contribution in [1.29, 1.82) is 5.26 Å². The first-order chi connectivity index (χ1) is 11.5. The lowest BCUT2D eigenvalue weighted by Crippen LogP contribution is -2.29. The first-order valence-corrected chi connectivity index (χ1v) is 7.85. The molecule has 1 aromatic rings. The average molecular weight is 327 g/mol. The van der Waals surface area contributed by atoms with Gasteiger partial charge in [0.2, 0.25) is 5.91 Å². The van der Waals surface area contributed by atoms with Gasteiger partial charge in [0.25, 0.3) is 0 Å². The van der Waals surface area contributed by atoms with Crippen molar-refractivity contribution in [2.24, 2.45) is 10.2 Å². The van der Waals surface area contributed by atoms with Crippen molar-refractivity contribution < 1.29 is 4.79 Å². The molecule has 0 aromatic carbocycles. The SMILES string of the molecule is C#CCCC1(CCC(=O)N(C)CCCc2[nH]nc(N)c2C#N)N=N1. The van der Waals surface area contributed by atoms with Gasteiger partial charge in [0, 0.05) is 39.3 Å². The summed E-state index contributed by atoms with van der Waals surface area (Å²) in [7, 11) is 1.77. The maximum atomic E-state index is 12.2. The minimum atomic E-state index is -0.419.